The molecule has 0 aromatic heterocycles. The number of rotatable bonds is 18. The van der Waals surface area contributed by atoms with Gasteiger partial charge in [0.25, 0.3) is 0 Å². The maximum atomic E-state index is 9.60. The maximum absolute atomic E-state index is 9.60. The van der Waals surface area contributed by atoms with Gasteiger partial charge in [0.2, 0.25) is 0 Å². The summed E-state index contributed by atoms with van der Waals surface area (Å²) in [5.74, 6) is 0. The Labute approximate surface area is 142 Å². The lowest BCUT2D eigenvalue weighted by atomic mass is 10.1. The summed E-state index contributed by atoms with van der Waals surface area (Å²) in [5, 5.41) is 27.3. The van der Waals surface area contributed by atoms with E-state index in [9.17, 15) is 5.11 Å². The summed E-state index contributed by atoms with van der Waals surface area (Å²) in [5.41, 5.74) is 0. The zero-order valence-corrected chi connectivity index (χ0v) is 14.9. The van der Waals surface area contributed by atoms with Gasteiger partial charge in [0.15, 0.2) is 0 Å². The summed E-state index contributed by atoms with van der Waals surface area (Å²) >= 11 is 0. The molecule has 23 heavy (non-hydrogen) atoms. The largest absolute Gasteiger partial charge is 0.394 e. The minimum Gasteiger partial charge on any atom is -0.394 e. The predicted octanol–water partition coefficient (Wildman–Crippen LogP) is 2.65. The van der Waals surface area contributed by atoms with E-state index in [1.165, 1.54) is 57.8 Å². The van der Waals surface area contributed by atoms with Crippen molar-refractivity contribution in [2.45, 2.75) is 83.3 Å². The summed E-state index contributed by atoms with van der Waals surface area (Å²) in [4.78, 5) is 0. The van der Waals surface area contributed by atoms with Gasteiger partial charge in [-0.25, -0.2) is 0 Å². The Balaban J connectivity index is 3.14. The lowest BCUT2D eigenvalue weighted by Gasteiger charge is -2.13. The molecule has 0 saturated carbocycles. The van der Waals surface area contributed by atoms with Gasteiger partial charge in [-0.05, 0) is 6.42 Å². The lowest BCUT2D eigenvalue weighted by Crippen LogP contribution is -2.26. The number of aliphatic hydroxyl groups is 3. The molecular weight excluding hydrogens is 296 g/mol. The van der Waals surface area contributed by atoms with Gasteiger partial charge in [0, 0.05) is 6.61 Å². The van der Waals surface area contributed by atoms with E-state index in [1.807, 2.05) is 0 Å². The Bertz CT molecular complexity index is 225. The van der Waals surface area contributed by atoms with Gasteiger partial charge >= 0.3 is 0 Å². The smallest absolute Gasteiger partial charge is 0.101 e. The molecule has 0 saturated heterocycles. The quantitative estimate of drug-likeness (QED) is 0.336. The zero-order valence-electron chi connectivity index (χ0n) is 14.9. The molecule has 0 spiro atoms. The Hall–Kier alpha value is -0.200. The van der Waals surface area contributed by atoms with E-state index in [-0.39, 0.29) is 26.4 Å². The molecule has 0 aliphatic carbocycles. The minimum absolute atomic E-state index is 0.0337. The molecule has 0 radical (unpaired) electrons. The number of hydrogen-bond acceptors (Lipinski definition) is 5. The summed E-state index contributed by atoms with van der Waals surface area (Å²) < 4.78 is 10.5. The molecule has 0 unspecified atom stereocenters. The third-order valence-corrected chi connectivity index (χ3v) is 3.78. The van der Waals surface area contributed by atoms with Crippen LogP contribution in [0.4, 0.5) is 0 Å². The van der Waals surface area contributed by atoms with Crippen LogP contribution in [-0.2, 0) is 9.47 Å². The Morgan fingerprint density at radius 3 is 1.70 bits per heavy atom. The minimum atomic E-state index is -0.880. The van der Waals surface area contributed by atoms with Crippen molar-refractivity contribution >= 4 is 0 Å². The van der Waals surface area contributed by atoms with Gasteiger partial charge in [-0.15, -0.1) is 0 Å². The third kappa shape index (κ3) is 18.0. The standard InChI is InChI=1S/C18H38O5/c1-2-3-4-5-6-7-8-9-10-11-12-22-15-18(21)16-23-14-17(20)13-19/h17-21H,2-16H2,1H3/t17-,18+/m1/s1. The fraction of sp³-hybridized carbons (Fsp3) is 1.00. The maximum Gasteiger partial charge on any atom is 0.101 e. The molecule has 5 heteroatoms. The van der Waals surface area contributed by atoms with E-state index in [4.69, 9.17) is 19.7 Å². The summed E-state index contributed by atoms with van der Waals surface area (Å²) in [6.07, 6.45) is 11.4. The molecule has 2 atom stereocenters. The van der Waals surface area contributed by atoms with Crippen LogP contribution < -0.4 is 0 Å². The molecule has 0 bridgehead atoms. The highest BCUT2D eigenvalue weighted by Gasteiger charge is 2.07. The van der Waals surface area contributed by atoms with Crippen LogP contribution in [0.25, 0.3) is 0 Å². The van der Waals surface area contributed by atoms with Gasteiger partial charge < -0.3 is 24.8 Å². The first-order valence-electron chi connectivity index (χ1n) is 9.33. The molecule has 3 N–H and O–H groups in total. The van der Waals surface area contributed by atoms with Crippen molar-refractivity contribution in [3.05, 3.63) is 0 Å². The van der Waals surface area contributed by atoms with Crippen molar-refractivity contribution in [3.63, 3.8) is 0 Å². The van der Waals surface area contributed by atoms with Crippen molar-refractivity contribution in [2.24, 2.45) is 0 Å². The van der Waals surface area contributed by atoms with Crippen molar-refractivity contribution in [1.29, 1.82) is 0 Å². The molecule has 0 amide bonds. The van der Waals surface area contributed by atoms with Crippen LogP contribution >= 0.6 is 0 Å². The normalized spacial score (nSPS) is 14.1. The molecule has 5 nitrogen and oxygen atoms in total. The predicted molar refractivity (Wildman–Crippen MR) is 92.6 cm³/mol. The Morgan fingerprint density at radius 1 is 0.652 bits per heavy atom. The van der Waals surface area contributed by atoms with Crippen molar-refractivity contribution in [3.8, 4) is 0 Å². The third-order valence-electron chi connectivity index (χ3n) is 3.78. The summed E-state index contributed by atoms with van der Waals surface area (Å²) in [6.45, 7) is 3.00. The van der Waals surface area contributed by atoms with E-state index in [0.717, 1.165) is 6.42 Å². The first-order valence-corrected chi connectivity index (χ1v) is 9.33. The van der Waals surface area contributed by atoms with Crippen LogP contribution in [0.3, 0.4) is 0 Å². The SMILES string of the molecule is CCCCCCCCCCCCOC[C@H](O)COC[C@H](O)CO. The average molecular weight is 334 g/mol. The molecule has 0 aromatic carbocycles. The monoisotopic (exact) mass is 334 g/mol. The first kappa shape index (κ1) is 22.8. The van der Waals surface area contributed by atoms with E-state index >= 15 is 0 Å². The van der Waals surface area contributed by atoms with Crippen molar-refractivity contribution in [2.75, 3.05) is 33.0 Å². The fourth-order valence-corrected chi connectivity index (χ4v) is 2.35. The van der Waals surface area contributed by atoms with Crippen LogP contribution in [-0.4, -0.2) is 60.6 Å². The van der Waals surface area contributed by atoms with Crippen LogP contribution in [0.5, 0.6) is 0 Å². The molecular formula is C18H38O5. The zero-order chi connectivity index (χ0) is 17.2. The molecule has 0 fully saturated rings. The first-order chi connectivity index (χ1) is 11.2. The van der Waals surface area contributed by atoms with Crippen LogP contribution in [0.15, 0.2) is 0 Å². The molecule has 0 heterocycles. The van der Waals surface area contributed by atoms with Crippen LogP contribution in [0.1, 0.15) is 71.1 Å². The number of ether oxygens (including phenoxy) is 2. The topological polar surface area (TPSA) is 79.2 Å². The number of hydrogen-bond donors (Lipinski definition) is 3. The van der Waals surface area contributed by atoms with E-state index in [2.05, 4.69) is 6.92 Å². The molecule has 0 rings (SSSR count). The molecule has 140 valence electrons. The van der Waals surface area contributed by atoms with Crippen molar-refractivity contribution in [1.82, 2.24) is 0 Å². The molecule has 0 aliphatic heterocycles. The summed E-state index contributed by atoms with van der Waals surface area (Å²) in [7, 11) is 0. The molecule has 0 aliphatic rings. The van der Waals surface area contributed by atoms with Gasteiger partial charge in [0.1, 0.15) is 12.2 Å². The second-order valence-corrected chi connectivity index (χ2v) is 6.28. The second kappa shape index (κ2) is 18.1. The van der Waals surface area contributed by atoms with Gasteiger partial charge in [-0.2, -0.15) is 0 Å². The van der Waals surface area contributed by atoms with E-state index in [0.29, 0.717) is 6.61 Å². The fourth-order valence-electron chi connectivity index (χ4n) is 2.35. The van der Waals surface area contributed by atoms with Crippen molar-refractivity contribution < 1.29 is 24.8 Å². The van der Waals surface area contributed by atoms with Crippen LogP contribution in [0, 0.1) is 0 Å². The highest BCUT2D eigenvalue weighted by Crippen LogP contribution is 2.10. The van der Waals surface area contributed by atoms with Gasteiger partial charge in [0.05, 0.1) is 26.4 Å². The number of unbranched alkanes of at least 4 members (excludes halogenated alkanes) is 9. The summed E-state index contributed by atoms with van der Waals surface area (Å²) in [6, 6.07) is 0. The van der Waals surface area contributed by atoms with Crippen LogP contribution in [0.2, 0.25) is 0 Å². The Kier molecular flexibility index (Phi) is 18.0. The lowest BCUT2D eigenvalue weighted by molar-refractivity contribution is -0.0481. The number of aliphatic hydroxyl groups excluding tert-OH is 3. The van der Waals surface area contributed by atoms with Gasteiger partial charge in [-0.1, -0.05) is 64.7 Å². The average Bonchev–Trinajstić information content (AvgIpc) is 2.55. The second-order valence-electron chi connectivity index (χ2n) is 6.28. The van der Waals surface area contributed by atoms with E-state index < -0.39 is 12.2 Å². The Morgan fingerprint density at radius 2 is 1.13 bits per heavy atom. The van der Waals surface area contributed by atoms with E-state index in [1.54, 1.807) is 0 Å². The molecule has 0 aromatic rings. The van der Waals surface area contributed by atoms with Gasteiger partial charge in [-0.3, -0.25) is 0 Å². The highest BCUT2D eigenvalue weighted by molar-refractivity contribution is 4.55. The highest BCUT2D eigenvalue weighted by atomic mass is 16.5.